The summed E-state index contributed by atoms with van der Waals surface area (Å²) in [6, 6.07) is 20.9. The lowest BCUT2D eigenvalue weighted by Crippen LogP contribution is -2.52. The van der Waals surface area contributed by atoms with Crippen molar-refractivity contribution in [3.8, 4) is 46.0 Å². The van der Waals surface area contributed by atoms with E-state index in [0.29, 0.717) is 73.4 Å². The molecule has 1 unspecified atom stereocenters. The molecule has 0 amide bonds. The van der Waals surface area contributed by atoms with Gasteiger partial charge in [-0.2, -0.15) is 0 Å². The third kappa shape index (κ3) is 12.2. The molecule has 0 saturated carbocycles. The summed E-state index contributed by atoms with van der Waals surface area (Å²) in [6.07, 6.45) is 6.35. The van der Waals surface area contributed by atoms with E-state index in [1.807, 2.05) is 24.3 Å². The van der Waals surface area contributed by atoms with Crippen LogP contribution in [0.15, 0.2) is 60.7 Å². The molecule has 4 aromatic carbocycles. The van der Waals surface area contributed by atoms with Gasteiger partial charge < -0.3 is 56.3 Å². The minimum absolute atomic E-state index is 0.112. The predicted octanol–water partition coefficient (Wildman–Crippen LogP) is 8.46. The highest BCUT2D eigenvalue weighted by Crippen LogP contribution is 2.45. The fraction of sp³-hybridized carbons (Fsp3) is 0.519. The number of rotatable bonds is 25. The molecule has 0 bridgehead atoms. The van der Waals surface area contributed by atoms with Crippen molar-refractivity contribution < 1.29 is 65.9 Å². The first-order valence-corrected chi connectivity index (χ1v) is 23.8. The van der Waals surface area contributed by atoms with Gasteiger partial charge in [-0.15, -0.1) is 0 Å². The molecule has 6 rings (SSSR count). The minimum atomic E-state index is -0.248. The maximum Gasteiger partial charge on any atom is 0.305 e. The molecule has 2 heterocycles. The normalized spacial score (nSPS) is 19.4. The molecule has 4 aromatic rings. The third-order valence-corrected chi connectivity index (χ3v) is 14.2. The number of carbonyl (C=O) groups excluding carboxylic acids is 2. The molecule has 14 heteroatoms. The van der Waals surface area contributed by atoms with E-state index in [1.54, 1.807) is 56.9 Å². The second-order valence-electron chi connectivity index (χ2n) is 18.3. The van der Waals surface area contributed by atoms with E-state index in [2.05, 4.69) is 50.5 Å². The number of ether oxygens (including phenoxy) is 10. The van der Waals surface area contributed by atoms with Crippen LogP contribution in [0.5, 0.6) is 46.0 Å². The van der Waals surface area contributed by atoms with E-state index in [-0.39, 0.29) is 36.9 Å². The van der Waals surface area contributed by atoms with Gasteiger partial charge in [0.1, 0.15) is 12.1 Å². The summed E-state index contributed by atoms with van der Waals surface area (Å²) in [5.41, 5.74) is 7.22. The van der Waals surface area contributed by atoms with Gasteiger partial charge in [0.2, 0.25) is 0 Å². The molecule has 2 aliphatic heterocycles. The second-order valence-corrected chi connectivity index (χ2v) is 18.3. The van der Waals surface area contributed by atoms with Gasteiger partial charge in [0.15, 0.2) is 46.0 Å². The van der Waals surface area contributed by atoms with E-state index in [9.17, 15) is 9.59 Å². The summed E-state index contributed by atoms with van der Waals surface area (Å²) in [6.45, 7) is 4.14. The first-order chi connectivity index (χ1) is 32.9. The highest BCUT2D eigenvalue weighted by molar-refractivity contribution is 5.70. The Labute approximate surface area is 403 Å². The van der Waals surface area contributed by atoms with Gasteiger partial charge in [-0.05, 0) is 83.6 Å². The van der Waals surface area contributed by atoms with Crippen molar-refractivity contribution >= 4 is 11.9 Å². The lowest BCUT2D eigenvalue weighted by Gasteiger charge is -2.46. The number of hydrogen-bond donors (Lipinski definition) is 0. The molecule has 68 heavy (non-hydrogen) atoms. The standard InChI is InChI=1S/C54H74N2O12/c1-55(25-21-39-33-49(63-7)51(65-9)35-41(39)43(55)29-37-17-19-45(59-3)47(31-37)61-5)23-13-27-67-53(57)15-11-12-16-54(58)68-28-14-24-56(2)26-22-40-34-50(64-8)52(66-10)36-42(40)44(56)30-38-18-20-46(60-4)48(32-38)62-6/h17-20,31-36,43-44H,11-16,21-30H2,1-10H3/q+2/t43-,44?,55+,56-/m1/s1. The van der Waals surface area contributed by atoms with E-state index in [0.717, 1.165) is 83.5 Å². The van der Waals surface area contributed by atoms with Gasteiger partial charge in [0, 0.05) is 62.5 Å². The number of likely N-dealkylation sites (N-methyl/N-ethyl adjacent to an activating group) is 2. The molecule has 370 valence electrons. The summed E-state index contributed by atoms with van der Waals surface area (Å²) >= 11 is 0. The first kappa shape index (κ1) is 51.5. The van der Waals surface area contributed by atoms with Crippen LogP contribution in [0, 0.1) is 0 Å². The quantitative estimate of drug-likeness (QED) is 0.0360. The predicted molar refractivity (Wildman–Crippen MR) is 260 cm³/mol. The number of esters is 2. The van der Waals surface area contributed by atoms with Crippen LogP contribution in [0.1, 0.15) is 84.0 Å². The zero-order valence-electron chi connectivity index (χ0n) is 42.0. The van der Waals surface area contributed by atoms with Crippen molar-refractivity contribution in [2.45, 2.75) is 76.3 Å². The molecule has 0 aliphatic carbocycles. The Hall–Kier alpha value is -5.86. The largest absolute Gasteiger partial charge is 0.493 e. The zero-order chi connectivity index (χ0) is 48.8. The number of benzene rings is 4. The van der Waals surface area contributed by atoms with Gasteiger partial charge in [0.05, 0.1) is 110 Å². The van der Waals surface area contributed by atoms with Gasteiger partial charge >= 0.3 is 11.9 Å². The Morgan fingerprint density at radius 3 is 1.15 bits per heavy atom. The van der Waals surface area contributed by atoms with Crippen LogP contribution in [0.25, 0.3) is 0 Å². The van der Waals surface area contributed by atoms with Crippen molar-refractivity contribution in [1.82, 2.24) is 0 Å². The van der Waals surface area contributed by atoms with E-state index >= 15 is 0 Å². The van der Waals surface area contributed by atoms with Crippen LogP contribution in [-0.4, -0.2) is 131 Å². The number of carbonyl (C=O) groups is 2. The topological polar surface area (TPSA) is 126 Å². The van der Waals surface area contributed by atoms with Gasteiger partial charge in [-0.3, -0.25) is 9.59 Å². The maximum absolute atomic E-state index is 12.9. The van der Waals surface area contributed by atoms with E-state index in [4.69, 9.17) is 47.4 Å². The van der Waals surface area contributed by atoms with Crippen LogP contribution < -0.4 is 37.9 Å². The molecular formula is C54H74N2O12+2. The fourth-order valence-electron chi connectivity index (χ4n) is 10.2. The van der Waals surface area contributed by atoms with Crippen LogP contribution in [-0.2, 0) is 44.7 Å². The number of fused-ring (bicyclic) bond motifs is 2. The smallest absolute Gasteiger partial charge is 0.305 e. The summed E-state index contributed by atoms with van der Waals surface area (Å²) in [5.74, 6) is 5.13. The highest BCUT2D eigenvalue weighted by atomic mass is 16.5. The molecule has 4 atom stereocenters. The summed E-state index contributed by atoms with van der Waals surface area (Å²) in [5, 5.41) is 0. The lowest BCUT2D eigenvalue weighted by atomic mass is 9.86. The maximum atomic E-state index is 12.9. The van der Waals surface area contributed by atoms with Crippen molar-refractivity contribution in [1.29, 1.82) is 0 Å². The molecule has 0 saturated heterocycles. The number of unbranched alkanes of at least 4 members (excludes halogenated alkanes) is 1. The number of quaternary nitrogens is 2. The van der Waals surface area contributed by atoms with E-state index < -0.39 is 0 Å². The Kier molecular flexibility index (Phi) is 18.1. The molecular weight excluding hydrogens is 869 g/mol. The average Bonchev–Trinajstić information content (AvgIpc) is 3.36. The Morgan fingerprint density at radius 2 is 0.794 bits per heavy atom. The van der Waals surface area contributed by atoms with Gasteiger partial charge in [-0.1, -0.05) is 12.1 Å². The SMILES string of the molecule is COc1ccc(CC2c3cc(OC)c(OC)cc3CC[N@@+]2(C)CCCOC(=O)CCCCC(=O)OCCC[N@@+]2(C)CCc3cc(OC)c(OC)cc3[C@H]2Cc2ccc(OC)c(OC)c2)cc1OC. The summed E-state index contributed by atoms with van der Waals surface area (Å²) in [4.78, 5) is 25.7. The summed E-state index contributed by atoms with van der Waals surface area (Å²) < 4.78 is 58.1. The second kappa shape index (κ2) is 23.9. The van der Waals surface area contributed by atoms with Crippen molar-refractivity contribution in [2.75, 3.05) is 110 Å². The third-order valence-electron chi connectivity index (χ3n) is 14.2. The Morgan fingerprint density at radius 1 is 0.456 bits per heavy atom. The van der Waals surface area contributed by atoms with E-state index in [1.165, 1.54) is 22.3 Å². The van der Waals surface area contributed by atoms with Crippen LogP contribution in [0.2, 0.25) is 0 Å². The molecule has 0 spiro atoms. The average molecular weight is 943 g/mol. The number of nitrogens with zero attached hydrogens (tertiary/aromatic N) is 2. The molecule has 0 N–H and O–H groups in total. The molecule has 0 radical (unpaired) electrons. The molecule has 2 aliphatic rings. The highest BCUT2D eigenvalue weighted by Gasteiger charge is 2.41. The van der Waals surface area contributed by atoms with Crippen LogP contribution in [0.3, 0.4) is 0 Å². The first-order valence-electron chi connectivity index (χ1n) is 23.8. The fourth-order valence-corrected chi connectivity index (χ4v) is 10.2. The Bertz CT molecular complexity index is 2170. The molecule has 14 nitrogen and oxygen atoms in total. The van der Waals surface area contributed by atoms with Crippen LogP contribution >= 0.6 is 0 Å². The molecule has 0 fully saturated rings. The minimum Gasteiger partial charge on any atom is -0.493 e. The number of methoxy groups -OCH3 is 8. The Balaban J connectivity index is 0.965. The van der Waals surface area contributed by atoms with Gasteiger partial charge in [0.25, 0.3) is 0 Å². The lowest BCUT2D eigenvalue weighted by molar-refractivity contribution is -0.941. The van der Waals surface area contributed by atoms with Crippen LogP contribution in [0.4, 0.5) is 0 Å². The van der Waals surface area contributed by atoms with Crippen molar-refractivity contribution in [2.24, 2.45) is 0 Å². The monoisotopic (exact) mass is 943 g/mol. The van der Waals surface area contributed by atoms with Crippen molar-refractivity contribution in [3.05, 3.63) is 94.0 Å². The summed E-state index contributed by atoms with van der Waals surface area (Å²) in [7, 11) is 17.8. The van der Waals surface area contributed by atoms with Crippen molar-refractivity contribution in [3.63, 3.8) is 0 Å². The number of hydrogen-bond acceptors (Lipinski definition) is 12. The van der Waals surface area contributed by atoms with Gasteiger partial charge in [-0.25, -0.2) is 0 Å². The zero-order valence-corrected chi connectivity index (χ0v) is 42.0. The molecule has 0 aromatic heterocycles.